The van der Waals surface area contributed by atoms with E-state index in [0.29, 0.717) is 12.2 Å². The van der Waals surface area contributed by atoms with Crippen LogP contribution in [0.1, 0.15) is 42.7 Å². The zero-order valence-electron chi connectivity index (χ0n) is 12.1. The van der Waals surface area contributed by atoms with E-state index in [1.807, 2.05) is 13.8 Å². The third kappa shape index (κ3) is 4.49. The summed E-state index contributed by atoms with van der Waals surface area (Å²) >= 11 is 5.92. The van der Waals surface area contributed by atoms with Gasteiger partial charge >= 0.3 is 5.97 Å². The van der Waals surface area contributed by atoms with E-state index in [9.17, 15) is 9.59 Å². The maximum absolute atomic E-state index is 12.2. The SMILES string of the molecule is CCOC(=O)CN(C)C(=O)c1cc(Cl)nc(C(C)C)c1. The van der Waals surface area contributed by atoms with Gasteiger partial charge in [0, 0.05) is 18.3 Å². The molecule has 6 heteroatoms. The number of aromatic nitrogens is 1. The van der Waals surface area contributed by atoms with Crippen LogP contribution in [0.4, 0.5) is 0 Å². The Bertz CT molecular complexity index is 503. The summed E-state index contributed by atoms with van der Waals surface area (Å²) in [7, 11) is 1.54. The number of esters is 1. The van der Waals surface area contributed by atoms with Gasteiger partial charge < -0.3 is 9.64 Å². The van der Waals surface area contributed by atoms with E-state index < -0.39 is 5.97 Å². The highest BCUT2D eigenvalue weighted by atomic mass is 35.5. The molecule has 0 saturated carbocycles. The Morgan fingerprint density at radius 1 is 1.40 bits per heavy atom. The molecule has 0 unspecified atom stereocenters. The van der Waals surface area contributed by atoms with Crippen LogP contribution in [-0.2, 0) is 9.53 Å². The summed E-state index contributed by atoms with van der Waals surface area (Å²) in [5.74, 6) is -0.563. The number of carbonyl (C=O) groups is 2. The second-order valence-corrected chi connectivity index (χ2v) is 5.11. The lowest BCUT2D eigenvalue weighted by Gasteiger charge is -2.17. The minimum atomic E-state index is -0.437. The van der Waals surface area contributed by atoms with Crippen molar-refractivity contribution >= 4 is 23.5 Å². The van der Waals surface area contributed by atoms with Gasteiger partial charge in [0.15, 0.2) is 0 Å². The summed E-state index contributed by atoms with van der Waals surface area (Å²) in [6.45, 7) is 5.85. The van der Waals surface area contributed by atoms with Crippen molar-refractivity contribution in [2.24, 2.45) is 0 Å². The largest absolute Gasteiger partial charge is 0.465 e. The Labute approximate surface area is 123 Å². The quantitative estimate of drug-likeness (QED) is 0.619. The minimum absolute atomic E-state index is 0.0936. The van der Waals surface area contributed by atoms with Crippen molar-refractivity contribution in [3.05, 3.63) is 28.5 Å². The van der Waals surface area contributed by atoms with E-state index in [1.165, 1.54) is 11.0 Å². The average Bonchev–Trinajstić information content (AvgIpc) is 2.37. The molecule has 0 atom stereocenters. The summed E-state index contributed by atoms with van der Waals surface area (Å²) in [5, 5.41) is 0.268. The molecule has 1 aromatic heterocycles. The Balaban J connectivity index is 2.88. The van der Waals surface area contributed by atoms with E-state index in [1.54, 1.807) is 20.0 Å². The highest BCUT2D eigenvalue weighted by molar-refractivity contribution is 6.29. The van der Waals surface area contributed by atoms with Crippen LogP contribution in [0.15, 0.2) is 12.1 Å². The van der Waals surface area contributed by atoms with Gasteiger partial charge in [-0.1, -0.05) is 25.4 Å². The van der Waals surface area contributed by atoms with Gasteiger partial charge in [-0.05, 0) is 25.0 Å². The fraction of sp³-hybridized carbons (Fsp3) is 0.500. The molecule has 0 radical (unpaired) electrons. The van der Waals surface area contributed by atoms with Crippen LogP contribution in [0.25, 0.3) is 0 Å². The van der Waals surface area contributed by atoms with E-state index in [2.05, 4.69) is 4.98 Å². The van der Waals surface area contributed by atoms with E-state index in [-0.39, 0.29) is 23.5 Å². The van der Waals surface area contributed by atoms with Crippen molar-refractivity contribution in [1.29, 1.82) is 0 Å². The number of hydrogen-bond acceptors (Lipinski definition) is 4. The van der Waals surface area contributed by atoms with E-state index >= 15 is 0 Å². The maximum atomic E-state index is 12.2. The third-order valence-corrected chi connectivity index (χ3v) is 2.86. The summed E-state index contributed by atoms with van der Waals surface area (Å²) in [5.41, 5.74) is 1.16. The van der Waals surface area contributed by atoms with Crippen LogP contribution in [0.2, 0.25) is 5.15 Å². The lowest BCUT2D eigenvalue weighted by atomic mass is 10.1. The number of hydrogen-bond donors (Lipinski definition) is 0. The molecular formula is C14H19ClN2O3. The number of rotatable bonds is 5. The van der Waals surface area contributed by atoms with Gasteiger partial charge in [0.05, 0.1) is 6.61 Å². The van der Waals surface area contributed by atoms with Crippen LogP contribution >= 0.6 is 11.6 Å². The Kier molecular flexibility index (Phi) is 5.95. The first kappa shape index (κ1) is 16.4. The first-order valence-corrected chi connectivity index (χ1v) is 6.81. The molecule has 0 bridgehead atoms. The summed E-state index contributed by atoms with van der Waals surface area (Å²) in [6, 6.07) is 3.19. The number of likely N-dealkylation sites (N-methyl/N-ethyl adjacent to an activating group) is 1. The molecule has 0 aliphatic rings. The van der Waals surface area contributed by atoms with Crippen molar-refractivity contribution in [2.75, 3.05) is 20.2 Å². The maximum Gasteiger partial charge on any atom is 0.325 e. The van der Waals surface area contributed by atoms with Crippen molar-refractivity contribution in [3.63, 3.8) is 0 Å². The fourth-order valence-electron chi connectivity index (χ4n) is 1.63. The second kappa shape index (κ2) is 7.24. The molecular weight excluding hydrogens is 280 g/mol. The van der Waals surface area contributed by atoms with Crippen molar-refractivity contribution < 1.29 is 14.3 Å². The highest BCUT2D eigenvalue weighted by Crippen LogP contribution is 2.18. The van der Waals surface area contributed by atoms with E-state index in [0.717, 1.165) is 5.69 Å². The molecule has 0 spiro atoms. The average molecular weight is 299 g/mol. The number of carbonyl (C=O) groups excluding carboxylic acids is 2. The summed E-state index contributed by atoms with van der Waals surface area (Å²) < 4.78 is 4.81. The normalized spacial score (nSPS) is 10.5. The Morgan fingerprint density at radius 3 is 2.60 bits per heavy atom. The van der Waals surface area contributed by atoms with Crippen molar-refractivity contribution in [3.8, 4) is 0 Å². The lowest BCUT2D eigenvalue weighted by Crippen LogP contribution is -2.33. The molecule has 0 aromatic carbocycles. The van der Waals surface area contributed by atoms with Crippen LogP contribution < -0.4 is 0 Å². The first-order valence-electron chi connectivity index (χ1n) is 6.43. The zero-order chi connectivity index (χ0) is 15.3. The molecule has 110 valence electrons. The lowest BCUT2D eigenvalue weighted by molar-refractivity contribution is -0.143. The van der Waals surface area contributed by atoms with Crippen LogP contribution in [-0.4, -0.2) is 42.0 Å². The van der Waals surface area contributed by atoms with Gasteiger partial charge in [0.2, 0.25) is 0 Å². The first-order chi connectivity index (χ1) is 9.35. The molecule has 0 fully saturated rings. The van der Waals surface area contributed by atoms with Gasteiger partial charge in [0.25, 0.3) is 5.91 Å². The van der Waals surface area contributed by atoms with E-state index in [4.69, 9.17) is 16.3 Å². The minimum Gasteiger partial charge on any atom is -0.465 e. The zero-order valence-corrected chi connectivity index (χ0v) is 12.9. The Morgan fingerprint density at radius 2 is 2.05 bits per heavy atom. The van der Waals surface area contributed by atoms with Gasteiger partial charge in [-0.3, -0.25) is 9.59 Å². The van der Waals surface area contributed by atoms with Crippen molar-refractivity contribution in [2.45, 2.75) is 26.7 Å². The molecule has 20 heavy (non-hydrogen) atoms. The highest BCUT2D eigenvalue weighted by Gasteiger charge is 2.17. The molecule has 1 amide bonds. The number of nitrogens with zero attached hydrogens (tertiary/aromatic N) is 2. The fourth-order valence-corrected chi connectivity index (χ4v) is 1.84. The molecule has 1 rings (SSSR count). The van der Waals surface area contributed by atoms with Gasteiger partial charge in [0.1, 0.15) is 11.7 Å². The Hall–Kier alpha value is -1.62. The van der Waals surface area contributed by atoms with Crippen LogP contribution in [0, 0.1) is 0 Å². The predicted octanol–water partition coefficient (Wildman–Crippen LogP) is 2.49. The third-order valence-electron chi connectivity index (χ3n) is 2.67. The van der Waals surface area contributed by atoms with Crippen LogP contribution in [0.5, 0.6) is 0 Å². The molecule has 1 heterocycles. The molecule has 0 aliphatic carbocycles. The smallest absolute Gasteiger partial charge is 0.325 e. The second-order valence-electron chi connectivity index (χ2n) is 4.72. The van der Waals surface area contributed by atoms with Gasteiger partial charge in [-0.2, -0.15) is 0 Å². The number of ether oxygens (including phenoxy) is 1. The molecule has 1 aromatic rings. The monoisotopic (exact) mass is 298 g/mol. The summed E-state index contributed by atoms with van der Waals surface area (Å²) in [6.07, 6.45) is 0. The number of halogens is 1. The molecule has 0 N–H and O–H groups in total. The molecule has 5 nitrogen and oxygen atoms in total. The molecule has 0 saturated heterocycles. The van der Waals surface area contributed by atoms with Gasteiger partial charge in [-0.25, -0.2) is 4.98 Å². The predicted molar refractivity (Wildman–Crippen MR) is 76.9 cm³/mol. The summed E-state index contributed by atoms with van der Waals surface area (Å²) in [4.78, 5) is 29.1. The van der Waals surface area contributed by atoms with Crippen LogP contribution in [0.3, 0.4) is 0 Å². The molecule has 0 aliphatic heterocycles. The number of amides is 1. The van der Waals surface area contributed by atoms with Crippen molar-refractivity contribution in [1.82, 2.24) is 9.88 Å². The number of pyridine rings is 1. The standard InChI is InChI=1S/C14H19ClN2O3/c1-5-20-13(18)8-17(4)14(19)10-6-11(9(2)3)16-12(15)7-10/h6-7,9H,5,8H2,1-4H3. The van der Waals surface area contributed by atoms with Gasteiger partial charge in [-0.15, -0.1) is 0 Å². The topological polar surface area (TPSA) is 59.5 Å².